The van der Waals surface area contributed by atoms with Gasteiger partial charge in [0.15, 0.2) is 0 Å². The molecule has 0 saturated carbocycles. The van der Waals surface area contributed by atoms with Crippen molar-refractivity contribution in [2.75, 3.05) is 31.6 Å². The van der Waals surface area contributed by atoms with Crippen LogP contribution in [-0.2, 0) is 10.8 Å². The van der Waals surface area contributed by atoms with Crippen LogP contribution in [-0.4, -0.2) is 52.8 Å². The van der Waals surface area contributed by atoms with E-state index < -0.39 is 10.8 Å². The normalized spacial score (nSPS) is 33.2. The van der Waals surface area contributed by atoms with Crippen LogP contribution in [0.4, 0.5) is 0 Å². The quantitative estimate of drug-likeness (QED) is 0.705. The Morgan fingerprint density at radius 2 is 2.23 bits per heavy atom. The van der Waals surface area contributed by atoms with Crippen molar-refractivity contribution in [1.29, 1.82) is 0 Å². The van der Waals surface area contributed by atoms with Crippen molar-refractivity contribution in [3.8, 4) is 0 Å². The summed E-state index contributed by atoms with van der Waals surface area (Å²) >= 11 is 0. The van der Waals surface area contributed by atoms with Crippen LogP contribution >= 0.6 is 0 Å². The molecular weight excluding hydrogens is 184 g/mol. The van der Waals surface area contributed by atoms with Gasteiger partial charge in [-0.2, -0.15) is 0 Å². The molecular formula is C9H20N2OS. The SMILES string of the molecule is CC1CN(CCS(C)=O)C(C)CN1. The van der Waals surface area contributed by atoms with Crippen LogP contribution in [0.5, 0.6) is 0 Å². The Morgan fingerprint density at radius 3 is 2.85 bits per heavy atom. The first-order valence-electron chi connectivity index (χ1n) is 4.87. The molecule has 1 N–H and O–H groups in total. The molecule has 0 radical (unpaired) electrons. The zero-order chi connectivity index (χ0) is 9.84. The first-order valence-corrected chi connectivity index (χ1v) is 6.59. The molecule has 13 heavy (non-hydrogen) atoms. The number of hydrogen-bond donors (Lipinski definition) is 1. The molecule has 3 unspecified atom stereocenters. The van der Waals surface area contributed by atoms with Gasteiger partial charge in [0.2, 0.25) is 0 Å². The van der Waals surface area contributed by atoms with Crippen LogP contribution in [0.25, 0.3) is 0 Å². The van der Waals surface area contributed by atoms with Crippen molar-refractivity contribution in [3.63, 3.8) is 0 Å². The second kappa shape index (κ2) is 5.08. The molecule has 0 aromatic carbocycles. The Balaban J connectivity index is 2.33. The van der Waals surface area contributed by atoms with Gasteiger partial charge >= 0.3 is 0 Å². The van der Waals surface area contributed by atoms with Gasteiger partial charge in [-0.1, -0.05) is 0 Å². The predicted molar refractivity (Wildman–Crippen MR) is 57.4 cm³/mol. The highest BCUT2D eigenvalue weighted by atomic mass is 32.2. The summed E-state index contributed by atoms with van der Waals surface area (Å²) in [5.41, 5.74) is 0. The van der Waals surface area contributed by atoms with E-state index in [-0.39, 0.29) is 0 Å². The maximum Gasteiger partial charge on any atom is 0.0359 e. The van der Waals surface area contributed by atoms with Crippen LogP contribution in [0.1, 0.15) is 13.8 Å². The van der Waals surface area contributed by atoms with Crippen LogP contribution in [0.2, 0.25) is 0 Å². The summed E-state index contributed by atoms with van der Waals surface area (Å²) < 4.78 is 10.9. The highest BCUT2D eigenvalue weighted by molar-refractivity contribution is 7.84. The Morgan fingerprint density at radius 1 is 1.54 bits per heavy atom. The average Bonchev–Trinajstić information content (AvgIpc) is 2.06. The molecule has 0 amide bonds. The Hall–Kier alpha value is 0.0700. The zero-order valence-electron chi connectivity index (χ0n) is 8.75. The van der Waals surface area contributed by atoms with Crippen molar-refractivity contribution >= 4 is 10.8 Å². The highest BCUT2D eigenvalue weighted by Crippen LogP contribution is 2.05. The maximum atomic E-state index is 10.9. The minimum Gasteiger partial charge on any atom is -0.311 e. The average molecular weight is 204 g/mol. The van der Waals surface area contributed by atoms with Crippen molar-refractivity contribution in [2.24, 2.45) is 0 Å². The molecule has 4 heteroatoms. The molecule has 1 saturated heterocycles. The molecule has 78 valence electrons. The van der Waals surface area contributed by atoms with E-state index in [9.17, 15) is 4.21 Å². The summed E-state index contributed by atoms with van der Waals surface area (Å²) in [6.45, 7) is 7.52. The monoisotopic (exact) mass is 204 g/mol. The van der Waals surface area contributed by atoms with E-state index in [0.29, 0.717) is 12.1 Å². The molecule has 3 atom stereocenters. The van der Waals surface area contributed by atoms with E-state index in [1.165, 1.54) is 0 Å². The Kier molecular flexibility index (Phi) is 4.35. The van der Waals surface area contributed by atoms with E-state index in [1.54, 1.807) is 6.26 Å². The standard InChI is InChI=1S/C9H20N2OS/c1-8-7-11(4-5-13(3)12)9(2)6-10-8/h8-10H,4-7H2,1-3H3. The van der Waals surface area contributed by atoms with Gasteiger partial charge in [-0.25, -0.2) is 0 Å². The molecule has 1 aliphatic heterocycles. The fourth-order valence-corrected chi connectivity index (χ4v) is 2.15. The first kappa shape index (κ1) is 11.1. The highest BCUT2D eigenvalue weighted by Gasteiger charge is 2.21. The largest absolute Gasteiger partial charge is 0.311 e. The second-order valence-electron chi connectivity index (χ2n) is 3.93. The number of nitrogens with one attached hydrogen (secondary N) is 1. The van der Waals surface area contributed by atoms with Gasteiger partial charge in [0.1, 0.15) is 0 Å². The topological polar surface area (TPSA) is 32.3 Å². The van der Waals surface area contributed by atoms with Gasteiger partial charge in [0, 0.05) is 54.5 Å². The summed E-state index contributed by atoms with van der Waals surface area (Å²) in [5.74, 6) is 0.803. The number of rotatable bonds is 3. The number of nitrogens with zero attached hydrogens (tertiary/aromatic N) is 1. The van der Waals surface area contributed by atoms with E-state index in [4.69, 9.17) is 0 Å². The van der Waals surface area contributed by atoms with E-state index in [2.05, 4.69) is 24.1 Å². The van der Waals surface area contributed by atoms with Crippen LogP contribution in [0.3, 0.4) is 0 Å². The minimum atomic E-state index is -0.655. The van der Waals surface area contributed by atoms with Gasteiger partial charge in [-0.3, -0.25) is 9.11 Å². The molecule has 1 rings (SSSR count). The summed E-state index contributed by atoms with van der Waals surface area (Å²) in [7, 11) is -0.655. The lowest BCUT2D eigenvalue weighted by Gasteiger charge is -2.37. The van der Waals surface area contributed by atoms with Crippen LogP contribution in [0, 0.1) is 0 Å². The third-order valence-electron chi connectivity index (χ3n) is 2.56. The third kappa shape index (κ3) is 3.75. The summed E-state index contributed by atoms with van der Waals surface area (Å²) in [4.78, 5) is 2.42. The van der Waals surface area contributed by atoms with Gasteiger partial charge in [-0.15, -0.1) is 0 Å². The molecule has 1 fully saturated rings. The number of piperazine rings is 1. The molecule has 0 aromatic heterocycles. The van der Waals surface area contributed by atoms with Crippen LogP contribution in [0.15, 0.2) is 0 Å². The van der Waals surface area contributed by atoms with Gasteiger partial charge < -0.3 is 5.32 Å². The van der Waals surface area contributed by atoms with Gasteiger partial charge in [-0.05, 0) is 13.8 Å². The fraction of sp³-hybridized carbons (Fsp3) is 1.00. The minimum absolute atomic E-state index is 0.571. The predicted octanol–water partition coefficient (Wildman–Crippen LogP) is 0.0471. The van der Waals surface area contributed by atoms with Crippen molar-refractivity contribution in [2.45, 2.75) is 25.9 Å². The maximum absolute atomic E-state index is 10.9. The Bertz CT molecular complexity index is 186. The second-order valence-corrected chi connectivity index (χ2v) is 5.49. The van der Waals surface area contributed by atoms with E-state index in [0.717, 1.165) is 25.4 Å². The van der Waals surface area contributed by atoms with Crippen molar-refractivity contribution in [1.82, 2.24) is 10.2 Å². The summed E-state index contributed by atoms with van der Waals surface area (Å²) in [5, 5.41) is 3.43. The lowest BCUT2D eigenvalue weighted by atomic mass is 10.1. The van der Waals surface area contributed by atoms with E-state index >= 15 is 0 Å². The first-order chi connectivity index (χ1) is 6.09. The van der Waals surface area contributed by atoms with Gasteiger partial charge in [0.05, 0.1) is 0 Å². The molecule has 1 heterocycles. The summed E-state index contributed by atoms with van der Waals surface area (Å²) in [6.07, 6.45) is 1.77. The molecule has 0 aromatic rings. The number of hydrogen-bond acceptors (Lipinski definition) is 3. The van der Waals surface area contributed by atoms with Crippen molar-refractivity contribution < 1.29 is 4.21 Å². The Labute approximate surface area is 83.3 Å². The summed E-state index contributed by atoms with van der Waals surface area (Å²) in [6, 6.07) is 1.15. The fourth-order valence-electron chi connectivity index (χ4n) is 1.65. The van der Waals surface area contributed by atoms with Crippen LogP contribution < -0.4 is 5.32 Å². The lowest BCUT2D eigenvalue weighted by Crippen LogP contribution is -2.54. The molecule has 0 aliphatic carbocycles. The van der Waals surface area contributed by atoms with E-state index in [1.807, 2.05) is 0 Å². The molecule has 1 aliphatic rings. The van der Waals surface area contributed by atoms with Crippen molar-refractivity contribution in [3.05, 3.63) is 0 Å². The zero-order valence-corrected chi connectivity index (χ0v) is 9.56. The molecule has 0 spiro atoms. The molecule has 3 nitrogen and oxygen atoms in total. The van der Waals surface area contributed by atoms with Gasteiger partial charge in [0.25, 0.3) is 0 Å². The third-order valence-corrected chi connectivity index (χ3v) is 3.32. The lowest BCUT2D eigenvalue weighted by molar-refractivity contribution is 0.155. The smallest absolute Gasteiger partial charge is 0.0359 e. The molecule has 0 bridgehead atoms.